The van der Waals surface area contributed by atoms with Gasteiger partial charge in [-0.3, -0.25) is 0 Å². The smallest absolute Gasteiger partial charge is 0.433 e. The van der Waals surface area contributed by atoms with Crippen LogP contribution in [0.5, 0.6) is 5.75 Å². The molecule has 2 nitrogen and oxygen atoms in total. The quantitative estimate of drug-likeness (QED) is 0.632. The average Bonchev–Trinajstić information content (AvgIpc) is 2.61. The van der Waals surface area contributed by atoms with Gasteiger partial charge in [0.2, 0.25) is 0 Å². The first kappa shape index (κ1) is 18.7. The Bertz CT molecular complexity index is 764. The highest BCUT2D eigenvalue weighted by Crippen LogP contribution is 2.39. The Hall–Kier alpha value is -2.04. The van der Waals surface area contributed by atoms with E-state index in [1.807, 2.05) is 32.0 Å². The van der Waals surface area contributed by atoms with Crippen LogP contribution in [0.25, 0.3) is 0 Å². The Labute approximate surface area is 152 Å². The fourth-order valence-electron chi connectivity index (χ4n) is 3.67. The number of aromatic nitrogens is 1. The largest absolute Gasteiger partial charge is 0.487 e. The summed E-state index contributed by atoms with van der Waals surface area (Å²) in [5, 5.41) is 0. The van der Waals surface area contributed by atoms with Crippen molar-refractivity contribution in [2.45, 2.75) is 64.7 Å². The van der Waals surface area contributed by atoms with Crippen molar-refractivity contribution in [2.75, 3.05) is 0 Å². The van der Waals surface area contributed by atoms with Crippen molar-refractivity contribution in [3.8, 4) is 5.75 Å². The van der Waals surface area contributed by atoms with Crippen molar-refractivity contribution in [2.24, 2.45) is 0 Å². The molecule has 5 heteroatoms. The van der Waals surface area contributed by atoms with Gasteiger partial charge in [0.15, 0.2) is 0 Å². The van der Waals surface area contributed by atoms with Gasteiger partial charge in [-0.05, 0) is 55.9 Å². The van der Waals surface area contributed by atoms with Crippen LogP contribution < -0.4 is 4.74 Å². The average molecular weight is 363 g/mol. The number of aryl methyl sites for hydroxylation is 2. The number of pyridine rings is 1. The fourth-order valence-corrected chi connectivity index (χ4v) is 3.67. The minimum absolute atomic E-state index is 0.0257. The van der Waals surface area contributed by atoms with Crippen molar-refractivity contribution >= 4 is 0 Å². The zero-order valence-corrected chi connectivity index (χ0v) is 15.2. The van der Waals surface area contributed by atoms with Gasteiger partial charge in [0, 0.05) is 0 Å². The van der Waals surface area contributed by atoms with Gasteiger partial charge in [0.05, 0.1) is 5.69 Å². The van der Waals surface area contributed by atoms with Gasteiger partial charge in [0.1, 0.15) is 18.1 Å². The molecule has 0 aliphatic heterocycles. The van der Waals surface area contributed by atoms with Gasteiger partial charge >= 0.3 is 6.18 Å². The molecule has 0 spiro atoms. The Morgan fingerprint density at radius 2 is 1.77 bits per heavy atom. The molecule has 1 fully saturated rings. The summed E-state index contributed by atoms with van der Waals surface area (Å²) in [7, 11) is 0. The van der Waals surface area contributed by atoms with E-state index in [2.05, 4.69) is 4.98 Å². The third-order valence-electron chi connectivity index (χ3n) is 5.00. The van der Waals surface area contributed by atoms with E-state index in [0.29, 0.717) is 17.0 Å². The first-order valence-corrected chi connectivity index (χ1v) is 9.11. The van der Waals surface area contributed by atoms with E-state index in [1.54, 1.807) is 12.1 Å². The van der Waals surface area contributed by atoms with Crippen LogP contribution >= 0.6 is 0 Å². The molecule has 0 bridgehead atoms. The molecule has 1 aromatic carbocycles. The number of rotatable bonds is 4. The number of benzene rings is 1. The van der Waals surface area contributed by atoms with E-state index in [9.17, 15) is 13.2 Å². The molecule has 0 radical (unpaired) electrons. The lowest BCUT2D eigenvalue weighted by atomic mass is 9.83. The number of nitrogens with zero attached hydrogens (tertiary/aromatic N) is 1. The summed E-state index contributed by atoms with van der Waals surface area (Å²) in [5.41, 5.74) is 1.97. The number of alkyl halides is 3. The second-order valence-electron chi connectivity index (χ2n) is 7.13. The number of ether oxygens (including phenoxy) is 1. The van der Waals surface area contributed by atoms with E-state index in [1.165, 1.54) is 0 Å². The maximum Gasteiger partial charge on any atom is 0.433 e. The lowest BCUT2D eigenvalue weighted by molar-refractivity contribution is -0.142. The van der Waals surface area contributed by atoms with Crippen LogP contribution in [0.15, 0.2) is 30.3 Å². The molecule has 1 aliphatic carbocycles. The summed E-state index contributed by atoms with van der Waals surface area (Å²) in [4.78, 5) is 3.93. The summed E-state index contributed by atoms with van der Waals surface area (Å²) in [6.45, 7) is 3.93. The Balaban J connectivity index is 1.82. The summed E-state index contributed by atoms with van der Waals surface area (Å²) >= 11 is 0. The fraction of sp³-hybridized carbons (Fsp3) is 0.476. The van der Waals surface area contributed by atoms with Crippen LogP contribution in [0.4, 0.5) is 13.2 Å². The maximum atomic E-state index is 13.6. The molecule has 0 atom stereocenters. The summed E-state index contributed by atoms with van der Waals surface area (Å²) in [5.74, 6) is 0.629. The zero-order valence-electron chi connectivity index (χ0n) is 15.2. The Morgan fingerprint density at radius 3 is 2.42 bits per heavy atom. The second-order valence-corrected chi connectivity index (χ2v) is 7.13. The molecule has 1 saturated carbocycles. The van der Waals surface area contributed by atoms with Crippen molar-refractivity contribution in [1.29, 1.82) is 0 Å². The van der Waals surface area contributed by atoms with Gasteiger partial charge in [-0.15, -0.1) is 0 Å². The third-order valence-corrected chi connectivity index (χ3v) is 5.00. The Kier molecular flexibility index (Phi) is 5.54. The SMILES string of the molecule is Cc1ccc(OCc2ccc(C3CCCCC3)c(C(F)(F)F)n2)c(C)c1. The Morgan fingerprint density at radius 1 is 1.04 bits per heavy atom. The molecular weight excluding hydrogens is 339 g/mol. The van der Waals surface area contributed by atoms with Crippen molar-refractivity contribution < 1.29 is 17.9 Å². The molecular formula is C21H24F3NO. The van der Waals surface area contributed by atoms with Crippen LogP contribution in [0.1, 0.15) is 66.1 Å². The van der Waals surface area contributed by atoms with Crippen LogP contribution in [-0.2, 0) is 12.8 Å². The third kappa shape index (κ3) is 4.37. The first-order chi connectivity index (χ1) is 12.3. The highest BCUT2D eigenvalue weighted by molar-refractivity contribution is 5.36. The molecule has 1 heterocycles. The van der Waals surface area contributed by atoms with E-state index < -0.39 is 11.9 Å². The van der Waals surface area contributed by atoms with Crippen LogP contribution in [0, 0.1) is 13.8 Å². The van der Waals surface area contributed by atoms with E-state index in [0.717, 1.165) is 43.2 Å². The highest BCUT2D eigenvalue weighted by Gasteiger charge is 2.37. The normalized spacial score (nSPS) is 15.9. The zero-order chi connectivity index (χ0) is 18.7. The van der Waals surface area contributed by atoms with Gasteiger partial charge in [0.25, 0.3) is 0 Å². The number of hydrogen-bond donors (Lipinski definition) is 0. The molecule has 0 unspecified atom stereocenters. The van der Waals surface area contributed by atoms with Gasteiger partial charge < -0.3 is 4.74 Å². The molecule has 0 saturated heterocycles. The molecule has 1 aliphatic rings. The molecule has 0 amide bonds. The van der Waals surface area contributed by atoms with E-state index >= 15 is 0 Å². The maximum absolute atomic E-state index is 13.6. The second kappa shape index (κ2) is 7.68. The highest BCUT2D eigenvalue weighted by atomic mass is 19.4. The van der Waals surface area contributed by atoms with Crippen LogP contribution in [0.3, 0.4) is 0 Å². The summed E-state index contributed by atoms with van der Waals surface area (Å²) < 4.78 is 46.4. The molecule has 3 rings (SSSR count). The van der Waals surface area contributed by atoms with Crippen molar-refractivity contribution in [3.05, 3.63) is 58.4 Å². The van der Waals surface area contributed by atoms with Crippen molar-refractivity contribution in [3.63, 3.8) is 0 Å². The standard InChI is InChI=1S/C21H24F3NO/c1-14-8-11-19(15(2)12-14)26-13-17-9-10-18(16-6-4-3-5-7-16)20(25-17)21(22,23)24/h8-12,16H,3-7,13H2,1-2H3. The van der Waals surface area contributed by atoms with Crippen molar-refractivity contribution in [1.82, 2.24) is 4.98 Å². The lowest BCUT2D eigenvalue weighted by Gasteiger charge is -2.25. The summed E-state index contributed by atoms with van der Waals surface area (Å²) in [6.07, 6.45) is 0.251. The van der Waals surface area contributed by atoms with Crippen LogP contribution in [-0.4, -0.2) is 4.98 Å². The molecule has 140 valence electrons. The molecule has 2 aromatic rings. The minimum atomic E-state index is -4.44. The predicted octanol–water partition coefficient (Wildman–Crippen LogP) is 6.34. The first-order valence-electron chi connectivity index (χ1n) is 9.11. The molecule has 0 N–H and O–H groups in total. The van der Waals surface area contributed by atoms with E-state index in [-0.39, 0.29) is 12.5 Å². The number of halogens is 3. The lowest BCUT2D eigenvalue weighted by Crippen LogP contribution is -2.17. The van der Waals surface area contributed by atoms with E-state index in [4.69, 9.17) is 4.74 Å². The monoisotopic (exact) mass is 363 g/mol. The topological polar surface area (TPSA) is 22.1 Å². The number of hydrogen-bond acceptors (Lipinski definition) is 2. The van der Waals surface area contributed by atoms with Crippen LogP contribution in [0.2, 0.25) is 0 Å². The molecule has 1 aromatic heterocycles. The minimum Gasteiger partial charge on any atom is -0.487 e. The van der Waals surface area contributed by atoms with Gasteiger partial charge in [-0.25, -0.2) is 4.98 Å². The molecule has 26 heavy (non-hydrogen) atoms. The summed E-state index contributed by atoms with van der Waals surface area (Å²) in [6, 6.07) is 9.01. The van der Waals surface area contributed by atoms with Gasteiger partial charge in [-0.2, -0.15) is 13.2 Å². The van der Waals surface area contributed by atoms with Gasteiger partial charge in [-0.1, -0.05) is 43.0 Å². The predicted molar refractivity (Wildman–Crippen MR) is 95.3 cm³/mol.